The molecule has 0 atom stereocenters. The van der Waals surface area contributed by atoms with Gasteiger partial charge in [-0.1, -0.05) is 42.5 Å². The van der Waals surface area contributed by atoms with Crippen LogP contribution in [0.15, 0.2) is 76.6 Å². The summed E-state index contributed by atoms with van der Waals surface area (Å²) >= 11 is 0. The number of benzene rings is 2. The number of aliphatic imine (C=N–C) groups is 2. The summed E-state index contributed by atoms with van der Waals surface area (Å²) in [6, 6.07) is 16.6. The third kappa shape index (κ3) is 2.85. The molecule has 3 aromatic rings. The third-order valence-corrected chi connectivity index (χ3v) is 4.64. The van der Waals surface area contributed by atoms with Crippen LogP contribution in [0, 0.1) is 5.82 Å². The van der Waals surface area contributed by atoms with Crippen LogP contribution in [-0.2, 0) is 6.54 Å². The molecule has 0 saturated heterocycles. The number of amidine groups is 1. The van der Waals surface area contributed by atoms with E-state index in [1.165, 1.54) is 17.7 Å². The molecule has 5 nitrogen and oxygen atoms in total. The van der Waals surface area contributed by atoms with Crippen LogP contribution in [0.3, 0.4) is 0 Å². The third-order valence-electron chi connectivity index (χ3n) is 4.64. The van der Waals surface area contributed by atoms with Gasteiger partial charge in [0.15, 0.2) is 17.3 Å². The maximum absolute atomic E-state index is 13.1. The molecule has 132 valence electrons. The van der Waals surface area contributed by atoms with Crippen LogP contribution in [0.2, 0.25) is 0 Å². The minimum atomic E-state index is -0.242. The minimum Gasteiger partial charge on any atom is -0.311 e. The first-order chi connectivity index (χ1) is 13.3. The van der Waals surface area contributed by atoms with Crippen LogP contribution in [0.1, 0.15) is 16.8 Å². The summed E-state index contributed by atoms with van der Waals surface area (Å²) in [5.41, 5.74) is 3.90. The molecule has 2 aliphatic heterocycles. The van der Waals surface area contributed by atoms with E-state index < -0.39 is 0 Å². The molecule has 0 fully saturated rings. The van der Waals surface area contributed by atoms with Crippen LogP contribution in [-0.4, -0.2) is 33.2 Å². The molecule has 0 bridgehead atoms. The molecule has 0 saturated carbocycles. The molecule has 0 aliphatic carbocycles. The Morgan fingerprint density at radius 2 is 1.85 bits per heavy atom. The van der Waals surface area contributed by atoms with Crippen molar-refractivity contribution in [2.45, 2.75) is 6.54 Å². The van der Waals surface area contributed by atoms with E-state index in [0.29, 0.717) is 13.1 Å². The lowest BCUT2D eigenvalue weighted by molar-refractivity contribution is 0.627. The zero-order valence-corrected chi connectivity index (χ0v) is 14.5. The predicted octanol–water partition coefficient (Wildman–Crippen LogP) is 3.85. The lowest BCUT2D eigenvalue weighted by Gasteiger charge is -2.20. The number of imidazole rings is 1. The highest BCUT2D eigenvalue weighted by atomic mass is 19.1. The van der Waals surface area contributed by atoms with Crippen LogP contribution >= 0.6 is 0 Å². The zero-order chi connectivity index (χ0) is 18.2. The molecule has 27 heavy (non-hydrogen) atoms. The van der Waals surface area contributed by atoms with Gasteiger partial charge in [-0.05, 0) is 29.3 Å². The standard InChI is InChI=1S/C21H16FN5/c22-17-8-6-15(7-9-17)10-18-11-23-21-19-20(25-14-27(18)21)26(13-24-19)12-16-4-2-1-3-5-16/h1-10,13-14H,11-12H2/b18-10-. The first kappa shape index (κ1) is 15.7. The first-order valence-electron chi connectivity index (χ1n) is 8.71. The topological polar surface area (TPSA) is 45.8 Å². The maximum atomic E-state index is 13.1. The highest BCUT2D eigenvalue weighted by molar-refractivity contribution is 6.11. The first-order valence-corrected chi connectivity index (χ1v) is 8.71. The average molecular weight is 357 g/mol. The van der Waals surface area contributed by atoms with Gasteiger partial charge in [0.25, 0.3) is 0 Å². The molecule has 3 heterocycles. The molecular weight excluding hydrogens is 341 g/mol. The van der Waals surface area contributed by atoms with Gasteiger partial charge in [0.2, 0.25) is 0 Å². The van der Waals surface area contributed by atoms with E-state index in [2.05, 4.69) is 27.1 Å². The van der Waals surface area contributed by atoms with Crippen molar-refractivity contribution in [2.24, 2.45) is 9.98 Å². The van der Waals surface area contributed by atoms with Gasteiger partial charge >= 0.3 is 0 Å². The normalized spacial score (nSPS) is 16.4. The van der Waals surface area contributed by atoms with Gasteiger partial charge in [0.05, 0.1) is 19.4 Å². The maximum Gasteiger partial charge on any atom is 0.165 e. The highest BCUT2D eigenvalue weighted by Crippen LogP contribution is 2.30. The summed E-state index contributed by atoms with van der Waals surface area (Å²) < 4.78 is 15.1. The van der Waals surface area contributed by atoms with Crippen molar-refractivity contribution in [1.29, 1.82) is 0 Å². The van der Waals surface area contributed by atoms with E-state index in [1.54, 1.807) is 18.5 Å². The molecule has 0 spiro atoms. The molecule has 0 N–H and O–H groups in total. The summed E-state index contributed by atoms with van der Waals surface area (Å²) in [6.07, 6.45) is 5.59. The summed E-state index contributed by atoms with van der Waals surface area (Å²) in [5, 5.41) is 0. The fourth-order valence-corrected chi connectivity index (χ4v) is 3.31. The second kappa shape index (κ2) is 6.32. The Kier molecular flexibility index (Phi) is 3.67. The Bertz CT molecular complexity index is 1080. The van der Waals surface area contributed by atoms with E-state index in [0.717, 1.165) is 28.6 Å². The number of nitrogens with zero attached hydrogens (tertiary/aromatic N) is 5. The lowest BCUT2D eigenvalue weighted by Crippen LogP contribution is -2.28. The van der Waals surface area contributed by atoms with Gasteiger partial charge in [0, 0.05) is 5.70 Å². The Morgan fingerprint density at radius 1 is 1.04 bits per heavy atom. The van der Waals surface area contributed by atoms with E-state index in [9.17, 15) is 4.39 Å². The molecule has 6 heteroatoms. The van der Waals surface area contributed by atoms with Gasteiger partial charge in [0.1, 0.15) is 12.2 Å². The number of aromatic nitrogens is 2. The van der Waals surface area contributed by atoms with Crippen LogP contribution in [0.4, 0.5) is 10.2 Å². The van der Waals surface area contributed by atoms with E-state index in [-0.39, 0.29) is 5.82 Å². The molecule has 5 rings (SSSR count). The largest absolute Gasteiger partial charge is 0.311 e. The quantitative estimate of drug-likeness (QED) is 0.715. The molecule has 1 aromatic heterocycles. The summed E-state index contributed by atoms with van der Waals surface area (Å²) in [5.74, 6) is 1.38. The molecule has 2 aromatic carbocycles. The Labute approximate surface area is 155 Å². The molecule has 0 amide bonds. The Hall–Kier alpha value is -3.54. The number of halogens is 1. The van der Waals surface area contributed by atoms with Gasteiger partial charge in [-0.25, -0.2) is 14.4 Å². The van der Waals surface area contributed by atoms with Crippen LogP contribution in [0.25, 0.3) is 6.08 Å². The van der Waals surface area contributed by atoms with Crippen molar-refractivity contribution in [2.75, 3.05) is 6.54 Å². The highest BCUT2D eigenvalue weighted by Gasteiger charge is 2.30. The molecular formula is C21H16FN5. The van der Waals surface area contributed by atoms with Crippen LogP contribution < -0.4 is 0 Å². The second-order valence-corrected chi connectivity index (χ2v) is 6.47. The van der Waals surface area contributed by atoms with Gasteiger partial charge in [-0.3, -0.25) is 9.89 Å². The molecule has 2 aliphatic rings. The van der Waals surface area contributed by atoms with Gasteiger partial charge < -0.3 is 4.57 Å². The van der Waals surface area contributed by atoms with Crippen molar-refractivity contribution in [3.8, 4) is 0 Å². The SMILES string of the molecule is Fc1ccc(/C=C2/CN=C3c4ncn(Cc5ccccc5)c4N=CN32)cc1. The Morgan fingerprint density at radius 3 is 2.67 bits per heavy atom. The van der Waals surface area contributed by atoms with Crippen molar-refractivity contribution in [3.63, 3.8) is 0 Å². The summed E-state index contributed by atoms with van der Waals surface area (Å²) in [7, 11) is 0. The number of fused-ring (bicyclic) bond motifs is 3. The predicted molar refractivity (Wildman–Crippen MR) is 104 cm³/mol. The number of hydrogen-bond acceptors (Lipinski definition) is 4. The Balaban J connectivity index is 1.44. The summed E-state index contributed by atoms with van der Waals surface area (Å²) in [6.45, 7) is 1.26. The zero-order valence-electron chi connectivity index (χ0n) is 14.5. The fraction of sp³-hybridized carbons (Fsp3) is 0.0952. The summed E-state index contributed by atoms with van der Waals surface area (Å²) in [4.78, 5) is 15.8. The number of rotatable bonds is 3. The minimum absolute atomic E-state index is 0.242. The molecule has 0 unspecified atom stereocenters. The van der Waals surface area contributed by atoms with E-state index in [1.807, 2.05) is 40.1 Å². The van der Waals surface area contributed by atoms with Gasteiger partial charge in [-0.15, -0.1) is 0 Å². The number of hydrogen-bond donors (Lipinski definition) is 0. The van der Waals surface area contributed by atoms with Crippen LogP contribution in [0.5, 0.6) is 0 Å². The van der Waals surface area contributed by atoms with E-state index in [4.69, 9.17) is 0 Å². The average Bonchev–Trinajstić information content (AvgIpc) is 3.29. The second-order valence-electron chi connectivity index (χ2n) is 6.47. The van der Waals surface area contributed by atoms with Crippen molar-refractivity contribution in [1.82, 2.24) is 14.5 Å². The van der Waals surface area contributed by atoms with Crippen molar-refractivity contribution in [3.05, 3.63) is 89.3 Å². The molecule has 0 radical (unpaired) electrons. The fourth-order valence-electron chi connectivity index (χ4n) is 3.31. The van der Waals surface area contributed by atoms with Gasteiger partial charge in [-0.2, -0.15) is 0 Å². The monoisotopic (exact) mass is 357 g/mol. The smallest absolute Gasteiger partial charge is 0.165 e. The van der Waals surface area contributed by atoms with E-state index >= 15 is 0 Å². The van der Waals surface area contributed by atoms with Crippen molar-refractivity contribution >= 4 is 24.1 Å². The van der Waals surface area contributed by atoms with Crippen molar-refractivity contribution < 1.29 is 4.39 Å². The lowest BCUT2D eigenvalue weighted by atomic mass is 10.2.